The zero-order valence-electron chi connectivity index (χ0n) is 15.7. The van der Waals surface area contributed by atoms with Crippen LogP contribution in [0, 0.1) is 0 Å². The number of rotatable bonds is 4. The molecule has 0 spiro atoms. The SMILES string of the molecule is CO/C=C/[C@@H]1C[C@H](c2c(OC)ccc(Cl)c2Cl)CN1C(=O)OC(C)(C)C. The van der Waals surface area contributed by atoms with Gasteiger partial charge in [-0.15, -0.1) is 0 Å². The van der Waals surface area contributed by atoms with Gasteiger partial charge < -0.3 is 19.1 Å². The van der Waals surface area contributed by atoms with Gasteiger partial charge in [-0.25, -0.2) is 4.79 Å². The Bertz CT molecular complexity index is 685. The van der Waals surface area contributed by atoms with E-state index < -0.39 is 5.60 Å². The second kappa shape index (κ2) is 8.40. The first-order valence-corrected chi connectivity index (χ1v) is 9.14. The van der Waals surface area contributed by atoms with Crippen molar-refractivity contribution in [3.05, 3.63) is 40.1 Å². The fourth-order valence-electron chi connectivity index (χ4n) is 3.06. The molecule has 0 saturated carbocycles. The van der Waals surface area contributed by atoms with Crippen LogP contribution < -0.4 is 4.74 Å². The third-order valence-corrected chi connectivity index (χ3v) is 4.95. The summed E-state index contributed by atoms with van der Waals surface area (Å²) in [6, 6.07) is 3.32. The maximum absolute atomic E-state index is 12.7. The highest BCUT2D eigenvalue weighted by atomic mass is 35.5. The standard InChI is InChI=1S/C19H25Cl2NO4/c1-19(2,3)26-18(23)22-11-12(10-13(22)8-9-24-4)16-15(25-5)7-6-14(20)17(16)21/h6-9,12-13H,10-11H2,1-5H3/b9-8+/t12-,13+/m0/s1. The van der Waals surface area contributed by atoms with Gasteiger partial charge >= 0.3 is 6.09 Å². The molecule has 0 radical (unpaired) electrons. The number of amides is 1. The third kappa shape index (κ3) is 4.77. The van der Waals surface area contributed by atoms with E-state index in [1.807, 2.05) is 26.8 Å². The van der Waals surface area contributed by atoms with E-state index >= 15 is 0 Å². The number of methoxy groups -OCH3 is 2. The van der Waals surface area contributed by atoms with Crippen LogP contribution >= 0.6 is 23.2 Å². The predicted molar refractivity (Wildman–Crippen MR) is 103 cm³/mol. The monoisotopic (exact) mass is 401 g/mol. The Morgan fingerprint density at radius 3 is 2.54 bits per heavy atom. The molecule has 0 N–H and O–H groups in total. The molecule has 1 fully saturated rings. The molecular formula is C19H25Cl2NO4. The molecule has 1 aromatic carbocycles. The minimum Gasteiger partial charge on any atom is -0.505 e. The van der Waals surface area contributed by atoms with E-state index in [4.69, 9.17) is 37.4 Å². The van der Waals surface area contributed by atoms with E-state index in [0.717, 1.165) is 5.56 Å². The normalized spacial score (nSPS) is 20.5. The van der Waals surface area contributed by atoms with Crippen molar-refractivity contribution in [2.45, 2.75) is 44.8 Å². The first-order valence-electron chi connectivity index (χ1n) is 8.39. The Morgan fingerprint density at radius 1 is 1.27 bits per heavy atom. The molecule has 1 aromatic rings. The number of nitrogens with zero attached hydrogens (tertiary/aromatic N) is 1. The lowest BCUT2D eigenvalue weighted by atomic mass is 9.95. The predicted octanol–water partition coefficient (Wildman–Crippen LogP) is 5.26. The van der Waals surface area contributed by atoms with Crippen LogP contribution in [0.3, 0.4) is 0 Å². The third-order valence-electron chi connectivity index (χ3n) is 4.13. The zero-order valence-corrected chi connectivity index (χ0v) is 17.2. The number of likely N-dealkylation sites (tertiary alicyclic amines) is 1. The molecule has 0 unspecified atom stereocenters. The summed E-state index contributed by atoms with van der Waals surface area (Å²) in [5, 5.41) is 0.915. The lowest BCUT2D eigenvalue weighted by Gasteiger charge is -2.27. The minimum absolute atomic E-state index is 0.0322. The van der Waals surface area contributed by atoms with Gasteiger partial charge in [-0.05, 0) is 45.4 Å². The lowest BCUT2D eigenvalue weighted by Crippen LogP contribution is -2.39. The number of benzene rings is 1. The van der Waals surface area contributed by atoms with Crippen LogP contribution in [0.25, 0.3) is 0 Å². The summed E-state index contributed by atoms with van der Waals surface area (Å²) >= 11 is 12.7. The van der Waals surface area contributed by atoms with Gasteiger partial charge in [-0.2, -0.15) is 0 Å². The molecule has 5 nitrogen and oxygen atoms in total. The van der Waals surface area contributed by atoms with Crippen LogP contribution in [0.1, 0.15) is 38.7 Å². The number of hydrogen-bond donors (Lipinski definition) is 0. The van der Waals surface area contributed by atoms with E-state index in [1.165, 1.54) is 0 Å². The average molecular weight is 402 g/mol. The van der Waals surface area contributed by atoms with E-state index in [9.17, 15) is 4.79 Å². The number of ether oxygens (including phenoxy) is 3. The summed E-state index contributed by atoms with van der Waals surface area (Å²) in [7, 11) is 3.16. The van der Waals surface area contributed by atoms with E-state index in [1.54, 1.807) is 37.5 Å². The van der Waals surface area contributed by atoms with Gasteiger partial charge in [0.2, 0.25) is 0 Å². The summed E-state index contributed by atoms with van der Waals surface area (Å²) in [5.41, 5.74) is 0.236. The van der Waals surface area contributed by atoms with Crippen molar-refractivity contribution < 1.29 is 19.0 Å². The zero-order chi connectivity index (χ0) is 19.5. The maximum Gasteiger partial charge on any atom is 0.410 e. The minimum atomic E-state index is -0.573. The second-order valence-corrected chi connectivity index (χ2v) is 7.96. The lowest BCUT2D eigenvalue weighted by molar-refractivity contribution is 0.0252. The molecule has 144 valence electrons. The van der Waals surface area contributed by atoms with Gasteiger partial charge in [0.05, 0.1) is 36.6 Å². The van der Waals surface area contributed by atoms with Crippen LogP contribution in [-0.2, 0) is 9.47 Å². The van der Waals surface area contributed by atoms with Crippen molar-refractivity contribution in [2.24, 2.45) is 0 Å². The average Bonchev–Trinajstić information content (AvgIpc) is 2.97. The van der Waals surface area contributed by atoms with Gasteiger partial charge in [0.15, 0.2) is 0 Å². The number of hydrogen-bond acceptors (Lipinski definition) is 4. The van der Waals surface area contributed by atoms with Crippen molar-refractivity contribution in [3.63, 3.8) is 0 Å². The molecule has 26 heavy (non-hydrogen) atoms. The molecule has 0 aliphatic carbocycles. The Hall–Kier alpha value is -1.59. The Labute approximate surface area is 164 Å². The van der Waals surface area contributed by atoms with Crippen LogP contribution in [0.2, 0.25) is 10.0 Å². The Morgan fingerprint density at radius 2 is 1.96 bits per heavy atom. The van der Waals surface area contributed by atoms with E-state index in [2.05, 4.69) is 0 Å². The quantitative estimate of drug-likeness (QED) is 0.645. The van der Waals surface area contributed by atoms with Crippen molar-refractivity contribution in [2.75, 3.05) is 20.8 Å². The summed E-state index contributed by atoms with van der Waals surface area (Å²) in [6.45, 7) is 5.98. The number of carbonyl (C=O) groups is 1. The summed E-state index contributed by atoms with van der Waals surface area (Å²) in [6.07, 6.45) is 3.70. The largest absolute Gasteiger partial charge is 0.505 e. The molecule has 1 aliphatic rings. The Kier molecular flexibility index (Phi) is 6.69. The topological polar surface area (TPSA) is 48.0 Å². The number of carbonyl (C=O) groups excluding carboxylic acids is 1. The highest BCUT2D eigenvalue weighted by molar-refractivity contribution is 6.42. The molecule has 2 atom stereocenters. The van der Waals surface area contributed by atoms with Crippen LogP contribution in [0.5, 0.6) is 5.75 Å². The first kappa shape index (κ1) is 20.7. The van der Waals surface area contributed by atoms with Gasteiger partial charge in [-0.1, -0.05) is 23.2 Å². The van der Waals surface area contributed by atoms with Crippen LogP contribution in [0.15, 0.2) is 24.5 Å². The van der Waals surface area contributed by atoms with Crippen molar-refractivity contribution in [1.82, 2.24) is 4.90 Å². The highest BCUT2D eigenvalue weighted by Gasteiger charge is 2.39. The highest BCUT2D eigenvalue weighted by Crippen LogP contribution is 2.43. The molecule has 1 heterocycles. The summed E-state index contributed by atoms with van der Waals surface area (Å²) < 4.78 is 16.0. The molecular weight excluding hydrogens is 377 g/mol. The van der Waals surface area contributed by atoms with E-state index in [-0.39, 0.29) is 18.1 Å². The summed E-state index contributed by atoms with van der Waals surface area (Å²) in [4.78, 5) is 14.3. The molecule has 7 heteroatoms. The first-order chi connectivity index (χ1) is 12.2. The van der Waals surface area contributed by atoms with Gasteiger partial charge in [0.25, 0.3) is 0 Å². The maximum atomic E-state index is 12.7. The van der Waals surface area contributed by atoms with Crippen molar-refractivity contribution >= 4 is 29.3 Å². The van der Waals surface area contributed by atoms with Gasteiger partial charge in [-0.3, -0.25) is 0 Å². The summed E-state index contributed by atoms with van der Waals surface area (Å²) in [5.74, 6) is 0.625. The van der Waals surface area contributed by atoms with Crippen molar-refractivity contribution in [3.8, 4) is 5.75 Å². The smallest absolute Gasteiger partial charge is 0.410 e. The molecule has 1 saturated heterocycles. The molecule has 1 amide bonds. The van der Waals surface area contributed by atoms with E-state index in [0.29, 0.717) is 28.8 Å². The molecule has 1 aliphatic heterocycles. The molecule has 0 aromatic heterocycles. The van der Waals surface area contributed by atoms with Gasteiger partial charge in [0, 0.05) is 18.0 Å². The second-order valence-electron chi connectivity index (χ2n) is 7.17. The Balaban J connectivity index is 2.35. The molecule has 2 rings (SSSR count). The fraction of sp³-hybridized carbons (Fsp3) is 0.526. The molecule has 0 bridgehead atoms. The fourth-order valence-corrected chi connectivity index (χ4v) is 3.54. The van der Waals surface area contributed by atoms with Crippen LogP contribution in [0.4, 0.5) is 4.79 Å². The van der Waals surface area contributed by atoms with Crippen molar-refractivity contribution in [1.29, 1.82) is 0 Å². The van der Waals surface area contributed by atoms with Crippen LogP contribution in [-0.4, -0.2) is 43.4 Å². The van der Waals surface area contributed by atoms with Gasteiger partial charge in [0.1, 0.15) is 11.4 Å². The number of halogens is 2.